The predicted molar refractivity (Wildman–Crippen MR) is 37.3 cm³/mol. The molecule has 0 amide bonds. The van der Waals surface area contributed by atoms with Gasteiger partial charge < -0.3 is 15.2 Å². The molecule has 2 aliphatic heterocycles. The molecule has 2 N–H and O–H groups in total. The van der Waals surface area contributed by atoms with E-state index >= 15 is 0 Å². The number of carboxylic acids is 1. The van der Waals surface area contributed by atoms with Crippen molar-refractivity contribution in [1.29, 1.82) is 0 Å². The van der Waals surface area contributed by atoms with Gasteiger partial charge in [-0.05, 0) is 6.42 Å². The summed E-state index contributed by atoms with van der Waals surface area (Å²) in [6.07, 6.45) is 0.716. The highest BCUT2D eigenvalue weighted by molar-refractivity contribution is 5.71. The number of carboxylic acid groups (broad SMARTS) is 1. The molecular weight excluding hydrogens is 146 g/mol. The number of aliphatic carboxylic acids is 1. The van der Waals surface area contributed by atoms with Gasteiger partial charge in [0.05, 0.1) is 18.1 Å². The van der Waals surface area contributed by atoms with Crippen molar-refractivity contribution in [2.45, 2.75) is 18.6 Å². The average Bonchev–Trinajstić information content (AvgIpc) is 2.27. The normalized spacial score (nSPS) is 42.4. The molecule has 0 aromatic carbocycles. The average molecular weight is 157 g/mol. The van der Waals surface area contributed by atoms with E-state index in [0.29, 0.717) is 13.0 Å². The quantitative estimate of drug-likeness (QED) is 0.536. The Labute approximate surface area is 64.5 Å². The van der Waals surface area contributed by atoms with Crippen LogP contribution in [0.25, 0.3) is 0 Å². The Hall–Kier alpha value is -0.610. The summed E-state index contributed by atoms with van der Waals surface area (Å²) in [6, 6.07) is 0. The van der Waals surface area contributed by atoms with E-state index in [0.717, 1.165) is 6.54 Å². The highest BCUT2D eigenvalue weighted by atomic mass is 16.5. The minimum atomic E-state index is -0.721. The molecule has 2 fully saturated rings. The van der Waals surface area contributed by atoms with Crippen molar-refractivity contribution in [2.24, 2.45) is 5.92 Å². The van der Waals surface area contributed by atoms with Gasteiger partial charge in [-0.25, -0.2) is 0 Å². The second-order valence-electron chi connectivity index (χ2n) is 3.14. The van der Waals surface area contributed by atoms with Gasteiger partial charge in [-0.15, -0.1) is 0 Å². The summed E-state index contributed by atoms with van der Waals surface area (Å²) in [4.78, 5) is 10.6. The number of rotatable bonds is 1. The van der Waals surface area contributed by atoms with Gasteiger partial charge in [0.25, 0.3) is 0 Å². The van der Waals surface area contributed by atoms with E-state index in [1.165, 1.54) is 0 Å². The molecule has 0 spiro atoms. The molecule has 0 aliphatic carbocycles. The molecule has 2 aliphatic rings. The van der Waals surface area contributed by atoms with Gasteiger partial charge in [0, 0.05) is 13.1 Å². The summed E-state index contributed by atoms with van der Waals surface area (Å²) in [5.74, 6) is -1.00. The monoisotopic (exact) mass is 157 g/mol. The number of nitrogens with one attached hydrogen (secondary N) is 1. The van der Waals surface area contributed by atoms with Gasteiger partial charge in [-0.1, -0.05) is 0 Å². The summed E-state index contributed by atoms with van der Waals surface area (Å²) in [7, 11) is 0. The van der Waals surface area contributed by atoms with Gasteiger partial charge in [0.1, 0.15) is 0 Å². The highest BCUT2D eigenvalue weighted by Crippen LogP contribution is 2.28. The van der Waals surface area contributed by atoms with Crippen LogP contribution in [-0.2, 0) is 9.53 Å². The zero-order chi connectivity index (χ0) is 7.84. The topological polar surface area (TPSA) is 58.6 Å². The van der Waals surface area contributed by atoms with E-state index in [1.807, 2.05) is 0 Å². The van der Waals surface area contributed by atoms with Crippen molar-refractivity contribution in [3.63, 3.8) is 0 Å². The fraction of sp³-hybridized carbons (Fsp3) is 0.857. The molecule has 2 bridgehead atoms. The first-order valence-electron chi connectivity index (χ1n) is 3.86. The number of carbonyl (C=O) groups is 1. The number of hydrogen-bond acceptors (Lipinski definition) is 3. The number of ether oxygens (including phenoxy) is 1. The molecule has 2 rings (SSSR count). The van der Waals surface area contributed by atoms with Crippen LogP contribution in [0.3, 0.4) is 0 Å². The van der Waals surface area contributed by atoms with Crippen LogP contribution >= 0.6 is 0 Å². The third kappa shape index (κ3) is 1.12. The fourth-order valence-corrected chi connectivity index (χ4v) is 1.80. The van der Waals surface area contributed by atoms with Gasteiger partial charge in [-0.3, -0.25) is 4.79 Å². The largest absolute Gasteiger partial charge is 0.481 e. The first kappa shape index (κ1) is 7.06. The van der Waals surface area contributed by atoms with Crippen LogP contribution in [0.2, 0.25) is 0 Å². The number of fused-ring (bicyclic) bond motifs is 2. The smallest absolute Gasteiger partial charge is 0.309 e. The lowest BCUT2D eigenvalue weighted by molar-refractivity contribution is -0.143. The third-order valence-electron chi connectivity index (χ3n) is 2.37. The fourth-order valence-electron chi connectivity index (χ4n) is 1.80. The SMILES string of the molecule is O=C(O)[C@@H]1C[C@H]2CNC[C@@H]1O2. The molecule has 3 atom stereocenters. The second-order valence-corrected chi connectivity index (χ2v) is 3.14. The first-order valence-corrected chi connectivity index (χ1v) is 3.86. The van der Waals surface area contributed by atoms with Crippen molar-refractivity contribution >= 4 is 5.97 Å². The van der Waals surface area contributed by atoms with Crippen molar-refractivity contribution in [1.82, 2.24) is 5.32 Å². The molecule has 0 saturated carbocycles. The molecule has 2 saturated heterocycles. The number of hydrogen-bond donors (Lipinski definition) is 2. The zero-order valence-corrected chi connectivity index (χ0v) is 6.12. The van der Waals surface area contributed by atoms with Crippen molar-refractivity contribution < 1.29 is 14.6 Å². The van der Waals surface area contributed by atoms with Crippen LogP contribution in [0, 0.1) is 5.92 Å². The van der Waals surface area contributed by atoms with Crippen LogP contribution < -0.4 is 5.32 Å². The summed E-state index contributed by atoms with van der Waals surface area (Å²) in [6.45, 7) is 1.49. The highest BCUT2D eigenvalue weighted by Gasteiger charge is 2.41. The lowest BCUT2D eigenvalue weighted by Crippen LogP contribution is -2.40. The molecule has 0 radical (unpaired) electrons. The maximum Gasteiger partial charge on any atom is 0.309 e. The van der Waals surface area contributed by atoms with Gasteiger partial charge in [-0.2, -0.15) is 0 Å². The van der Waals surface area contributed by atoms with Gasteiger partial charge in [0.2, 0.25) is 0 Å². The molecule has 0 aromatic rings. The Bertz CT molecular complexity index is 183. The molecule has 0 unspecified atom stereocenters. The minimum absolute atomic E-state index is 0.0914. The minimum Gasteiger partial charge on any atom is -0.481 e. The Morgan fingerprint density at radius 3 is 3.00 bits per heavy atom. The Balaban J connectivity index is 2.08. The molecule has 4 nitrogen and oxygen atoms in total. The molecule has 11 heavy (non-hydrogen) atoms. The molecule has 0 aromatic heterocycles. The molecule has 2 heterocycles. The standard InChI is InChI=1S/C7H11NO3/c9-7(10)5-1-4-2-8-3-6(5)11-4/h4-6,8H,1-3H2,(H,9,10)/t4-,5+,6-/m0/s1. The van der Waals surface area contributed by atoms with Gasteiger partial charge >= 0.3 is 5.97 Å². The molecular formula is C7H11NO3. The lowest BCUT2D eigenvalue weighted by Gasteiger charge is -2.21. The predicted octanol–water partition coefficient (Wildman–Crippen LogP) is -0.552. The zero-order valence-electron chi connectivity index (χ0n) is 6.12. The Morgan fingerprint density at radius 2 is 2.36 bits per heavy atom. The number of morpholine rings is 1. The van der Waals surface area contributed by atoms with Crippen LogP contribution in [0.15, 0.2) is 0 Å². The van der Waals surface area contributed by atoms with E-state index in [4.69, 9.17) is 9.84 Å². The Kier molecular flexibility index (Phi) is 1.58. The third-order valence-corrected chi connectivity index (χ3v) is 2.37. The Morgan fingerprint density at radius 1 is 1.55 bits per heavy atom. The maximum atomic E-state index is 10.6. The summed E-state index contributed by atoms with van der Waals surface area (Å²) in [5, 5.41) is 11.9. The molecule has 4 heteroatoms. The molecule has 62 valence electrons. The van der Waals surface area contributed by atoms with E-state index in [1.54, 1.807) is 0 Å². The van der Waals surface area contributed by atoms with Crippen LogP contribution in [0.1, 0.15) is 6.42 Å². The first-order chi connectivity index (χ1) is 5.27. The van der Waals surface area contributed by atoms with E-state index < -0.39 is 5.97 Å². The summed E-state index contributed by atoms with van der Waals surface area (Å²) >= 11 is 0. The lowest BCUT2D eigenvalue weighted by atomic mass is 10.0. The summed E-state index contributed by atoms with van der Waals surface area (Å²) in [5.41, 5.74) is 0. The van der Waals surface area contributed by atoms with Crippen molar-refractivity contribution in [3.8, 4) is 0 Å². The van der Waals surface area contributed by atoms with Crippen LogP contribution in [0.5, 0.6) is 0 Å². The second kappa shape index (κ2) is 2.46. The van der Waals surface area contributed by atoms with Gasteiger partial charge in [0.15, 0.2) is 0 Å². The van der Waals surface area contributed by atoms with E-state index in [-0.39, 0.29) is 18.1 Å². The van der Waals surface area contributed by atoms with Crippen LogP contribution in [0.4, 0.5) is 0 Å². The maximum absolute atomic E-state index is 10.6. The van der Waals surface area contributed by atoms with E-state index in [9.17, 15) is 4.79 Å². The summed E-state index contributed by atoms with van der Waals surface area (Å²) < 4.78 is 5.43. The van der Waals surface area contributed by atoms with Crippen molar-refractivity contribution in [3.05, 3.63) is 0 Å². The van der Waals surface area contributed by atoms with E-state index in [2.05, 4.69) is 5.32 Å². The van der Waals surface area contributed by atoms with Crippen LogP contribution in [-0.4, -0.2) is 36.4 Å². The van der Waals surface area contributed by atoms with Crippen molar-refractivity contribution in [2.75, 3.05) is 13.1 Å².